The molecule has 0 nitrogen and oxygen atoms in total. The summed E-state index contributed by atoms with van der Waals surface area (Å²) in [6.45, 7) is 2.28. The fourth-order valence-electron chi connectivity index (χ4n) is 1.13. The van der Waals surface area contributed by atoms with E-state index in [4.69, 9.17) is 0 Å². The topological polar surface area (TPSA) is 0 Å². The Morgan fingerprint density at radius 1 is 1.25 bits per heavy atom. The van der Waals surface area contributed by atoms with Gasteiger partial charge in [0.2, 0.25) is 0 Å². The van der Waals surface area contributed by atoms with Gasteiger partial charge in [0.15, 0.2) is 0 Å². The Morgan fingerprint density at radius 2 is 1.92 bits per heavy atom. The number of alkyl halides is 1. The van der Waals surface area contributed by atoms with Crippen LogP contribution in [-0.4, -0.2) is 5.33 Å². The van der Waals surface area contributed by atoms with Crippen LogP contribution in [0.25, 0.3) is 0 Å². The second-order valence-corrected chi connectivity index (χ2v) is 3.93. The van der Waals surface area contributed by atoms with Crippen molar-refractivity contribution in [2.24, 2.45) is 5.92 Å². The molecule has 0 aliphatic carbocycles. The first kappa shape index (κ1) is 9.79. The molecular weight excluding hydrogens is 212 g/mol. The normalized spacial score (nSPS) is 12.8. The zero-order valence-electron chi connectivity index (χ0n) is 7.46. The van der Waals surface area contributed by atoms with E-state index in [9.17, 15) is 0 Å². The zero-order chi connectivity index (χ0) is 8.81. The highest BCUT2D eigenvalue weighted by Gasteiger charge is 1.99. The third kappa shape index (κ3) is 3.40. The van der Waals surface area contributed by atoms with Gasteiger partial charge in [-0.05, 0) is 24.3 Å². The lowest BCUT2D eigenvalue weighted by atomic mass is 10.0. The molecule has 0 saturated heterocycles. The average Bonchev–Trinajstić information content (AvgIpc) is 2.16. The molecule has 1 atom stereocenters. The molecule has 0 spiro atoms. The van der Waals surface area contributed by atoms with Crippen LogP contribution in [0.4, 0.5) is 0 Å². The minimum atomic E-state index is 0.783. The van der Waals surface area contributed by atoms with Crippen molar-refractivity contribution < 1.29 is 0 Å². The fraction of sp³-hybridized carbons (Fsp3) is 0.455. The zero-order valence-corrected chi connectivity index (χ0v) is 9.05. The van der Waals surface area contributed by atoms with Crippen LogP contribution in [0.15, 0.2) is 30.3 Å². The third-order valence-electron chi connectivity index (χ3n) is 2.03. The summed E-state index contributed by atoms with van der Waals surface area (Å²) < 4.78 is 0. The Balaban J connectivity index is 2.33. The van der Waals surface area contributed by atoms with Crippen LogP contribution < -0.4 is 0 Å². The second-order valence-electron chi connectivity index (χ2n) is 3.28. The molecule has 1 rings (SSSR count). The van der Waals surface area contributed by atoms with Crippen molar-refractivity contribution in [3.8, 4) is 0 Å². The number of benzene rings is 1. The van der Waals surface area contributed by atoms with E-state index in [2.05, 4.69) is 53.2 Å². The van der Waals surface area contributed by atoms with Crippen LogP contribution in [0.5, 0.6) is 0 Å². The molecule has 0 saturated carbocycles. The molecule has 1 aromatic carbocycles. The Kier molecular flexibility index (Phi) is 4.37. The first-order valence-electron chi connectivity index (χ1n) is 4.43. The van der Waals surface area contributed by atoms with Gasteiger partial charge < -0.3 is 0 Å². The van der Waals surface area contributed by atoms with Crippen molar-refractivity contribution in [3.63, 3.8) is 0 Å². The molecule has 12 heavy (non-hydrogen) atoms. The first-order chi connectivity index (χ1) is 5.83. The molecule has 0 radical (unpaired) electrons. The molecule has 0 unspecified atom stereocenters. The third-order valence-corrected chi connectivity index (χ3v) is 3.14. The molecule has 0 bridgehead atoms. The van der Waals surface area contributed by atoms with Crippen LogP contribution in [0, 0.1) is 5.92 Å². The average molecular weight is 227 g/mol. The van der Waals surface area contributed by atoms with E-state index in [0.29, 0.717) is 0 Å². The summed E-state index contributed by atoms with van der Waals surface area (Å²) in [5, 5.41) is 1.11. The first-order valence-corrected chi connectivity index (χ1v) is 5.55. The summed E-state index contributed by atoms with van der Waals surface area (Å²) in [5.41, 5.74) is 1.45. The summed E-state index contributed by atoms with van der Waals surface area (Å²) in [5.74, 6) is 0.783. The predicted octanol–water partition coefficient (Wildman–Crippen LogP) is 3.65. The van der Waals surface area contributed by atoms with Crippen molar-refractivity contribution in [1.29, 1.82) is 0 Å². The maximum Gasteiger partial charge on any atom is 0.00571 e. The highest BCUT2D eigenvalue weighted by molar-refractivity contribution is 9.09. The minimum absolute atomic E-state index is 0.783. The van der Waals surface area contributed by atoms with Crippen LogP contribution >= 0.6 is 15.9 Å². The van der Waals surface area contributed by atoms with Crippen molar-refractivity contribution in [3.05, 3.63) is 35.9 Å². The van der Waals surface area contributed by atoms with Crippen LogP contribution in [-0.2, 0) is 6.42 Å². The Hall–Kier alpha value is -0.300. The van der Waals surface area contributed by atoms with Gasteiger partial charge in [-0.15, -0.1) is 0 Å². The molecule has 0 fully saturated rings. The van der Waals surface area contributed by atoms with E-state index < -0.39 is 0 Å². The molecule has 0 aromatic heterocycles. The lowest BCUT2D eigenvalue weighted by Gasteiger charge is -2.06. The van der Waals surface area contributed by atoms with Gasteiger partial charge in [0.05, 0.1) is 0 Å². The molecule has 0 amide bonds. The summed E-state index contributed by atoms with van der Waals surface area (Å²) in [6, 6.07) is 10.7. The van der Waals surface area contributed by atoms with Gasteiger partial charge in [0.1, 0.15) is 0 Å². The van der Waals surface area contributed by atoms with Gasteiger partial charge in [-0.3, -0.25) is 0 Å². The lowest BCUT2D eigenvalue weighted by Crippen LogP contribution is -1.97. The number of aryl methyl sites for hydroxylation is 1. The van der Waals surface area contributed by atoms with E-state index in [-0.39, 0.29) is 0 Å². The molecular formula is C11H15Br. The summed E-state index contributed by atoms with van der Waals surface area (Å²) in [4.78, 5) is 0. The van der Waals surface area contributed by atoms with Crippen LogP contribution in [0.3, 0.4) is 0 Å². The van der Waals surface area contributed by atoms with E-state index in [0.717, 1.165) is 11.2 Å². The van der Waals surface area contributed by atoms with Gasteiger partial charge in [-0.1, -0.05) is 53.2 Å². The second kappa shape index (κ2) is 5.36. The lowest BCUT2D eigenvalue weighted by molar-refractivity contribution is 0.600. The van der Waals surface area contributed by atoms with Gasteiger partial charge in [-0.2, -0.15) is 0 Å². The molecule has 66 valence electrons. The molecule has 1 aromatic rings. The van der Waals surface area contributed by atoms with Crippen molar-refractivity contribution in [2.45, 2.75) is 19.8 Å². The van der Waals surface area contributed by atoms with E-state index in [1.165, 1.54) is 18.4 Å². The van der Waals surface area contributed by atoms with Crippen molar-refractivity contribution in [2.75, 3.05) is 5.33 Å². The molecule has 1 heteroatoms. The van der Waals surface area contributed by atoms with E-state index in [1.54, 1.807) is 0 Å². The van der Waals surface area contributed by atoms with Gasteiger partial charge in [0.25, 0.3) is 0 Å². The van der Waals surface area contributed by atoms with Gasteiger partial charge >= 0.3 is 0 Å². The summed E-state index contributed by atoms with van der Waals surface area (Å²) in [7, 11) is 0. The smallest absolute Gasteiger partial charge is 0.00571 e. The monoisotopic (exact) mass is 226 g/mol. The van der Waals surface area contributed by atoms with Crippen LogP contribution in [0.2, 0.25) is 0 Å². The van der Waals surface area contributed by atoms with E-state index in [1.807, 2.05) is 0 Å². The van der Waals surface area contributed by atoms with Crippen LogP contribution in [0.1, 0.15) is 18.9 Å². The molecule has 0 heterocycles. The standard InChI is InChI=1S/C11H15Br/c1-10(9-12)7-8-11-5-3-2-4-6-11/h2-6,10H,7-9H2,1H3/t10-/m0/s1. The number of hydrogen-bond acceptors (Lipinski definition) is 0. The van der Waals surface area contributed by atoms with Crippen molar-refractivity contribution in [1.82, 2.24) is 0 Å². The minimum Gasteiger partial charge on any atom is -0.0925 e. The number of rotatable bonds is 4. The molecule has 0 aliphatic rings. The highest BCUT2D eigenvalue weighted by Crippen LogP contribution is 2.10. The fourth-order valence-corrected chi connectivity index (χ4v) is 1.46. The Morgan fingerprint density at radius 3 is 2.50 bits per heavy atom. The number of hydrogen-bond donors (Lipinski definition) is 0. The summed E-state index contributed by atoms with van der Waals surface area (Å²) in [6.07, 6.45) is 2.48. The Labute approximate surface area is 83.1 Å². The van der Waals surface area contributed by atoms with E-state index >= 15 is 0 Å². The van der Waals surface area contributed by atoms with Crippen molar-refractivity contribution >= 4 is 15.9 Å². The largest absolute Gasteiger partial charge is 0.0925 e. The number of halogens is 1. The Bertz CT molecular complexity index is 206. The molecule has 0 aliphatic heterocycles. The quantitative estimate of drug-likeness (QED) is 0.688. The SMILES string of the molecule is C[C@H](CBr)CCc1ccccc1. The summed E-state index contributed by atoms with van der Waals surface area (Å²) >= 11 is 3.49. The maximum absolute atomic E-state index is 3.49. The van der Waals surface area contributed by atoms with Gasteiger partial charge in [0, 0.05) is 5.33 Å². The maximum atomic E-state index is 3.49. The predicted molar refractivity (Wildman–Crippen MR) is 57.7 cm³/mol. The van der Waals surface area contributed by atoms with Gasteiger partial charge in [-0.25, -0.2) is 0 Å². The highest BCUT2D eigenvalue weighted by atomic mass is 79.9. The molecule has 0 N–H and O–H groups in total.